The number of aryl methyl sites for hydroxylation is 2. The van der Waals surface area contributed by atoms with E-state index in [9.17, 15) is 0 Å². The Labute approximate surface area is 124 Å². The van der Waals surface area contributed by atoms with E-state index in [-0.39, 0.29) is 0 Å². The van der Waals surface area contributed by atoms with E-state index in [1.807, 2.05) is 0 Å². The van der Waals surface area contributed by atoms with Gasteiger partial charge in [-0.15, -0.1) is 11.3 Å². The van der Waals surface area contributed by atoms with Crippen LogP contribution in [0.1, 0.15) is 29.7 Å². The molecule has 1 N–H and O–H groups in total. The molecular weight excluding hydrogens is 268 g/mol. The van der Waals surface area contributed by atoms with Crippen LogP contribution in [-0.4, -0.2) is 41.0 Å². The highest BCUT2D eigenvalue weighted by Crippen LogP contribution is 2.32. The molecule has 1 atom stereocenters. The molecule has 20 heavy (non-hydrogen) atoms. The fourth-order valence-corrected chi connectivity index (χ4v) is 4.01. The summed E-state index contributed by atoms with van der Waals surface area (Å²) < 4.78 is 0. The second kappa shape index (κ2) is 5.66. The average molecular weight is 290 g/mol. The molecule has 1 aliphatic heterocycles. The van der Waals surface area contributed by atoms with Crippen molar-refractivity contribution >= 4 is 27.4 Å². The zero-order valence-corrected chi connectivity index (χ0v) is 13.3. The standard InChI is InChI=1S/C15H22N4S/c1-10-11(2)20-15-13(10)14(17-9-18-15)16-7-6-12-5-4-8-19(12)3/h9,12H,4-8H2,1-3H3,(H,16,17,18). The number of likely N-dealkylation sites (tertiary alicyclic amines) is 1. The van der Waals surface area contributed by atoms with Crippen LogP contribution in [-0.2, 0) is 0 Å². The summed E-state index contributed by atoms with van der Waals surface area (Å²) >= 11 is 1.75. The van der Waals surface area contributed by atoms with Gasteiger partial charge in [-0.25, -0.2) is 9.97 Å². The maximum Gasteiger partial charge on any atom is 0.138 e. The van der Waals surface area contributed by atoms with Crippen molar-refractivity contribution in [3.05, 3.63) is 16.8 Å². The summed E-state index contributed by atoms with van der Waals surface area (Å²) in [5.41, 5.74) is 1.31. The van der Waals surface area contributed by atoms with Gasteiger partial charge in [0, 0.05) is 17.5 Å². The van der Waals surface area contributed by atoms with Crippen molar-refractivity contribution in [1.29, 1.82) is 0 Å². The van der Waals surface area contributed by atoms with Crippen LogP contribution in [0.15, 0.2) is 6.33 Å². The summed E-state index contributed by atoms with van der Waals surface area (Å²) in [6.07, 6.45) is 5.52. The maximum absolute atomic E-state index is 4.44. The van der Waals surface area contributed by atoms with E-state index in [1.54, 1.807) is 17.7 Å². The Kier molecular flexibility index (Phi) is 3.89. The molecule has 0 amide bonds. The molecule has 4 nitrogen and oxygen atoms in total. The van der Waals surface area contributed by atoms with Crippen molar-refractivity contribution in [3.63, 3.8) is 0 Å². The van der Waals surface area contributed by atoms with E-state index >= 15 is 0 Å². The van der Waals surface area contributed by atoms with E-state index in [2.05, 4.69) is 41.1 Å². The highest BCUT2D eigenvalue weighted by molar-refractivity contribution is 7.18. The van der Waals surface area contributed by atoms with Crippen molar-refractivity contribution in [1.82, 2.24) is 14.9 Å². The number of hydrogen-bond donors (Lipinski definition) is 1. The van der Waals surface area contributed by atoms with Crippen LogP contribution in [0.25, 0.3) is 10.2 Å². The zero-order chi connectivity index (χ0) is 14.1. The van der Waals surface area contributed by atoms with Gasteiger partial charge in [-0.3, -0.25) is 0 Å². The maximum atomic E-state index is 4.44. The van der Waals surface area contributed by atoms with Crippen LogP contribution in [0, 0.1) is 13.8 Å². The van der Waals surface area contributed by atoms with E-state index < -0.39 is 0 Å². The average Bonchev–Trinajstić information content (AvgIpc) is 2.96. The van der Waals surface area contributed by atoms with E-state index in [0.717, 1.165) is 23.2 Å². The van der Waals surface area contributed by atoms with Gasteiger partial charge in [-0.05, 0) is 52.3 Å². The van der Waals surface area contributed by atoms with Crippen molar-refractivity contribution in [2.45, 2.75) is 39.2 Å². The van der Waals surface area contributed by atoms with Crippen LogP contribution in [0.2, 0.25) is 0 Å². The van der Waals surface area contributed by atoms with E-state index in [0.29, 0.717) is 0 Å². The van der Waals surface area contributed by atoms with Gasteiger partial charge in [0.25, 0.3) is 0 Å². The topological polar surface area (TPSA) is 41.1 Å². The molecule has 108 valence electrons. The summed E-state index contributed by atoms with van der Waals surface area (Å²) in [6.45, 7) is 6.53. The zero-order valence-electron chi connectivity index (χ0n) is 12.4. The second-order valence-electron chi connectivity index (χ2n) is 5.68. The molecule has 3 rings (SSSR count). The number of aromatic nitrogens is 2. The van der Waals surface area contributed by atoms with Crippen molar-refractivity contribution in [2.24, 2.45) is 0 Å². The lowest BCUT2D eigenvalue weighted by atomic mass is 10.1. The lowest BCUT2D eigenvalue weighted by molar-refractivity contribution is 0.301. The van der Waals surface area contributed by atoms with Gasteiger partial charge < -0.3 is 10.2 Å². The Balaban J connectivity index is 1.71. The van der Waals surface area contributed by atoms with Gasteiger partial charge in [0.15, 0.2) is 0 Å². The Hall–Kier alpha value is -1.20. The number of fused-ring (bicyclic) bond motifs is 1. The van der Waals surface area contributed by atoms with E-state index in [1.165, 1.54) is 41.6 Å². The summed E-state index contributed by atoms with van der Waals surface area (Å²) in [5, 5.41) is 4.72. The molecule has 2 aromatic rings. The smallest absolute Gasteiger partial charge is 0.138 e. The number of rotatable bonds is 4. The van der Waals surface area contributed by atoms with Crippen LogP contribution in [0.4, 0.5) is 5.82 Å². The Morgan fingerprint density at radius 3 is 3.00 bits per heavy atom. The SMILES string of the molecule is Cc1sc2ncnc(NCCC3CCCN3C)c2c1C. The Morgan fingerprint density at radius 2 is 2.25 bits per heavy atom. The first-order valence-corrected chi connectivity index (χ1v) is 8.13. The molecule has 1 fully saturated rings. The van der Waals surface area contributed by atoms with Crippen LogP contribution >= 0.6 is 11.3 Å². The summed E-state index contributed by atoms with van der Waals surface area (Å²) in [5.74, 6) is 0.998. The number of anilines is 1. The Morgan fingerprint density at radius 1 is 1.40 bits per heavy atom. The first-order valence-electron chi connectivity index (χ1n) is 7.31. The quantitative estimate of drug-likeness (QED) is 0.939. The molecule has 5 heteroatoms. The van der Waals surface area contributed by atoms with Crippen LogP contribution < -0.4 is 5.32 Å². The van der Waals surface area contributed by atoms with Gasteiger partial charge in [0.2, 0.25) is 0 Å². The molecule has 2 aromatic heterocycles. The van der Waals surface area contributed by atoms with Crippen LogP contribution in [0.5, 0.6) is 0 Å². The lowest BCUT2D eigenvalue weighted by Gasteiger charge is -2.19. The number of thiophene rings is 1. The van der Waals surface area contributed by atoms with Gasteiger partial charge in [0.05, 0.1) is 5.39 Å². The number of hydrogen-bond acceptors (Lipinski definition) is 5. The molecule has 0 radical (unpaired) electrons. The predicted molar refractivity (Wildman–Crippen MR) is 85.6 cm³/mol. The van der Waals surface area contributed by atoms with E-state index in [4.69, 9.17) is 0 Å². The van der Waals surface area contributed by atoms with Gasteiger partial charge >= 0.3 is 0 Å². The number of nitrogens with zero attached hydrogens (tertiary/aromatic N) is 3. The molecule has 3 heterocycles. The van der Waals surface area contributed by atoms with Crippen molar-refractivity contribution in [3.8, 4) is 0 Å². The number of nitrogens with one attached hydrogen (secondary N) is 1. The fourth-order valence-electron chi connectivity index (χ4n) is 3.02. The minimum absolute atomic E-state index is 0.727. The first-order chi connectivity index (χ1) is 9.66. The van der Waals surface area contributed by atoms with Gasteiger partial charge in [-0.2, -0.15) is 0 Å². The molecule has 0 aromatic carbocycles. The monoisotopic (exact) mass is 290 g/mol. The van der Waals surface area contributed by atoms with Gasteiger partial charge in [-0.1, -0.05) is 0 Å². The highest BCUT2D eigenvalue weighted by Gasteiger charge is 2.20. The molecule has 0 spiro atoms. The third-order valence-electron chi connectivity index (χ3n) is 4.41. The lowest BCUT2D eigenvalue weighted by Crippen LogP contribution is -2.27. The van der Waals surface area contributed by atoms with Crippen LogP contribution in [0.3, 0.4) is 0 Å². The molecule has 1 aliphatic rings. The fraction of sp³-hybridized carbons (Fsp3) is 0.600. The molecule has 0 bridgehead atoms. The van der Waals surface area contributed by atoms with Gasteiger partial charge in [0.1, 0.15) is 17.0 Å². The van der Waals surface area contributed by atoms with Crippen molar-refractivity contribution < 1.29 is 0 Å². The minimum atomic E-state index is 0.727. The normalized spacial score (nSPS) is 19.9. The molecular formula is C15H22N4S. The first kappa shape index (κ1) is 13.8. The summed E-state index contributed by atoms with van der Waals surface area (Å²) in [6, 6.07) is 0.727. The summed E-state index contributed by atoms with van der Waals surface area (Å²) in [4.78, 5) is 13.7. The molecule has 1 unspecified atom stereocenters. The van der Waals surface area contributed by atoms with Crippen molar-refractivity contribution in [2.75, 3.05) is 25.5 Å². The highest BCUT2D eigenvalue weighted by atomic mass is 32.1. The third-order valence-corrected chi connectivity index (χ3v) is 5.52. The minimum Gasteiger partial charge on any atom is -0.369 e. The molecule has 0 aliphatic carbocycles. The Bertz CT molecular complexity index is 607. The molecule has 0 saturated carbocycles. The molecule has 1 saturated heterocycles. The third kappa shape index (κ3) is 2.52. The predicted octanol–water partition coefficient (Wildman–Crippen LogP) is 3.20. The second-order valence-corrected chi connectivity index (χ2v) is 6.88. The summed E-state index contributed by atoms with van der Waals surface area (Å²) in [7, 11) is 2.23. The largest absolute Gasteiger partial charge is 0.369 e.